The van der Waals surface area contributed by atoms with Gasteiger partial charge in [0.2, 0.25) is 0 Å². The molecule has 1 fully saturated rings. The predicted molar refractivity (Wildman–Crippen MR) is 110 cm³/mol. The number of alkyl halides is 3. The van der Waals surface area contributed by atoms with Gasteiger partial charge in [0, 0.05) is 25.3 Å². The van der Waals surface area contributed by atoms with Gasteiger partial charge in [-0.3, -0.25) is 4.79 Å². The number of amides is 1. The van der Waals surface area contributed by atoms with Crippen molar-refractivity contribution in [2.24, 2.45) is 0 Å². The highest BCUT2D eigenvalue weighted by Crippen LogP contribution is 2.29. The zero-order valence-electron chi connectivity index (χ0n) is 17.2. The number of carbonyl (C=O) groups excluding carboxylic acids is 1. The van der Waals surface area contributed by atoms with E-state index in [1.165, 1.54) is 30.4 Å². The second-order valence-electron chi connectivity index (χ2n) is 7.37. The lowest BCUT2D eigenvalue weighted by atomic mass is 10.0. The summed E-state index contributed by atoms with van der Waals surface area (Å²) >= 11 is 0. The van der Waals surface area contributed by atoms with E-state index < -0.39 is 11.7 Å². The summed E-state index contributed by atoms with van der Waals surface area (Å²) in [4.78, 5) is 20.3. The molecule has 1 amide bonds. The number of carbonyl (C=O) groups is 1. The van der Waals surface area contributed by atoms with E-state index in [0.717, 1.165) is 25.1 Å². The predicted octanol–water partition coefficient (Wildman–Crippen LogP) is 3.41. The molecule has 0 bridgehead atoms. The minimum absolute atomic E-state index is 0.145. The highest BCUT2D eigenvalue weighted by atomic mass is 19.4. The van der Waals surface area contributed by atoms with Crippen LogP contribution in [-0.4, -0.2) is 57.0 Å². The van der Waals surface area contributed by atoms with E-state index in [1.807, 2.05) is 0 Å². The Morgan fingerprint density at radius 1 is 1.19 bits per heavy atom. The molecule has 1 aliphatic rings. The van der Waals surface area contributed by atoms with Crippen LogP contribution in [0, 0.1) is 0 Å². The van der Waals surface area contributed by atoms with Crippen LogP contribution < -0.4 is 10.1 Å². The molecule has 4 rings (SSSR count). The Labute approximate surface area is 182 Å². The lowest BCUT2D eigenvalue weighted by Gasteiger charge is -2.34. The smallest absolute Gasteiger partial charge is 0.417 e. The van der Waals surface area contributed by atoms with Gasteiger partial charge in [0.05, 0.1) is 36.3 Å². The van der Waals surface area contributed by atoms with Crippen molar-refractivity contribution in [3.05, 3.63) is 60.0 Å². The quantitative estimate of drug-likeness (QED) is 0.647. The third-order valence-corrected chi connectivity index (χ3v) is 5.22. The Balaban J connectivity index is 1.51. The summed E-state index contributed by atoms with van der Waals surface area (Å²) in [6, 6.07) is 7.24. The van der Waals surface area contributed by atoms with E-state index in [0.29, 0.717) is 35.9 Å². The second-order valence-corrected chi connectivity index (χ2v) is 7.37. The summed E-state index contributed by atoms with van der Waals surface area (Å²) < 4.78 is 43.5. The SMILES string of the molecule is COc1ccc(-n2nccn2)c(C(=O)N2CCC[C@@H](Nc3ccc(C(F)(F)F)cn3)C2)c1. The molecule has 1 aromatic carbocycles. The van der Waals surface area contributed by atoms with Gasteiger partial charge >= 0.3 is 6.18 Å². The van der Waals surface area contributed by atoms with Gasteiger partial charge in [0.1, 0.15) is 11.6 Å². The normalized spacial score (nSPS) is 16.6. The molecule has 1 N–H and O–H groups in total. The molecule has 0 radical (unpaired) electrons. The first-order chi connectivity index (χ1) is 15.3. The van der Waals surface area contributed by atoms with Crippen LogP contribution in [0.25, 0.3) is 5.69 Å². The third-order valence-electron chi connectivity index (χ3n) is 5.22. The molecular formula is C21H21F3N6O2. The summed E-state index contributed by atoms with van der Waals surface area (Å²) in [5, 5.41) is 11.4. The van der Waals surface area contributed by atoms with Crippen LogP contribution in [0.5, 0.6) is 5.75 Å². The summed E-state index contributed by atoms with van der Waals surface area (Å²) in [7, 11) is 1.52. The zero-order valence-corrected chi connectivity index (χ0v) is 17.2. The minimum atomic E-state index is -4.43. The number of benzene rings is 1. The number of aromatic nitrogens is 4. The number of nitrogens with zero attached hydrogens (tertiary/aromatic N) is 5. The van der Waals surface area contributed by atoms with E-state index in [4.69, 9.17) is 4.74 Å². The number of piperidine rings is 1. The van der Waals surface area contributed by atoms with Gasteiger partial charge in [-0.15, -0.1) is 0 Å². The van der Waals surface area contributed by atoms with Crippen LogP contribution in [0.4, 0.5) is 19.0 Å². The van der Waals surface area contributed by atoms with Crippen molar-refractivity contribution in [3.63, 3.8) is 0 Å². The average Bonchev–Trinajstić information content (AvgIpc) is 3.33. The van der Waals surface area contributed by atoms with Crippen LogP contribution in [0.2, 0.25) is 0 Å². The van der Waals surface area contributed by atoms with Crippen LogP contribution in [0.3, 0.4) is 0 Å². The second kappa shape index (κ2) is 8.85. The monoisotopic (exact) mass is 446 g/mol. The summed E-state index contributed by atoms with van der Waals surface area (Å²) in [6.45, 7) is 0.936. The molecule has 2 aromatic heterocycles. The van der Waals surface area contributed by atoms with Gasteiger partial charge in [-0.05, 0) is 43.2 Å². The van der Waals surface area contributed by atoms with Crippen LogP contribution in [0.15, 0.2) is 48.9 Å². The van der Waals surface area contributed by atoms with Crippen LogP contribution >= 0.6 is 0 Å². The number of nitrogens with one attached hydrogen (secondary N) is 1. The molecule has 3 aromatic rings. The molecule has 32 heavy (non-hydrogen) atoms. The van der Waals surface area contributed by atoms with E-state index in [1.54, 1.807) is 23.1 Å². The lowest BCUT2D eigenvalue weighted by Crippen LogP contribution is -2.45. The van der Waals surface area contributed by atoms with Gasteiger partial charge in [0.25, 0.3) is 5.91 Å². The van der Waals surface area contributed by atoms with Crippen molar-refractivity contribution in [3.8, 4) is 11.4 Å². The van der Waals surface area contributed by atoms with Crippen LogP contribution in [-0.2, 0) is 6.18 Å². The number of hydrogen-bond acceptors (Lipinski definition) is 6. The Bertz CT molecular complexity index is 1070. The number of anilines is 1. The molecule has 3 heterocycles. The number of methoxy groups -OCH3 is 1. The van der Waals surface area contributed by atoms with Gasteiger partial charge in [-0.25, -0.2) is 4.98 Å². The van der Waals surface area contributed by atoms with Gasteiger partial charge < -0.3 is 15.0 Å². The first-order valence-electron chi connectivity index (χ1n) is 9.99. The molecule has 0 saturated carbocycles. The number of halogens is 3. The fourth-order valence-electron chi connectivity index (χ4n) is 3.63. The number of rotatable bonds is 5. The number of pyridine rings is 1. The lowest BCUT2D eigenvalue weighted by molar-refractivity contribution is -0.137. The Kier molecular flexibility index (Phi) is 5.97. The Hall–Kier alpha value is -3.63. The van der Waals surface area contributed by atoms with Gasteiger partial charge in [0.15, 0.2) is 0 Å². The van der Waals surface area contributed by atoms with Gasteiger partial charge in [-0.2, -0.15) is 28.2 Å². The fourth-order valence-corrected chi connectivity index (χ4v) is 3.63. The number of likely N-dealkylation sites (tertiary alicyclic amines) is 1. The highest BCUT2D eigenvalue weighted by molar-refractivity contribution is 5.98. The standard InChI is InChI=1S/C21H21F3N6O2/c1-32-16-5-6-18(30-26-8-9-27-30)17(11-16)20(31)29-10-2-3-15(13-29)28-19-7-4-14(12-25-19)21(22,23)24/h4-9,11-12,15H,2-3,10,13H2,1H3,(H,25,28)/t15-/m1/s1. The van der Waals surface area contributed by atoms with Crippen molar-refractivity contribution in [2.45, 2.75) is 25.1 Å². The van der Waals surface area contributed by atoms with Crippen molar-refractivity contribution in [1.29, 1.82) is 0 Å². The molecule has 0 aliphatic carbocycles. The summed E-state index contributed by atoms with van der Waals surface area (Å²) in [5.74, 6) is 0.660. The maximum Gasteiger partial charge on any atom is 0.417 e. The molecule has 1 aliphatic heterocycles. The Morgan fingerprint density at radius 3 is 2.62 bits per heavy atom. The summed E-state index contributed by atoms with van der Waals surface area (Å²) in [5.41, 5.74) is 0.121. The largest absolute Gasteiger partial charge is 0.497 e. The minimum Gasteiger partial charge on any atom is -0.497 e. The van der Waals surface area contributed by atoms with Crippen molar-refractivity contribution in [2.75, 3.05) is 25.5 Å². The van der Waals surface area contributed by atoms with E-state index in [-0.39, 0.29) is 11.9 Å². The zero-order chi connectivity index (χ0) is 22.7. The van der Waals surface area contributed by atoms with E-state index in [2.05, 4.69) is 20.5 Å². The third kappa shape index (κ3) is 4.66. The molecule has 0 spiro atoms. The fraction of sp³-hybridized carbons (Fsp3) is 0.333. The Morgan fingerprint density at radius 2 is 1.97 bits per heavy atom. The first kappa shape index (κ1) is 21.6. The van der Waals surface area contributed by atoms with Gasteiger partial charge in [-0.1, -0.05) is 0 Å². The molecule has 1 saturated heterocycles. The van der Waals surface area contributed by atoms with Crippen molar-refractivity contribution >= 4 is 11.7 Å². The molecular weight excluding hydrogens is 425 g/mol. The molecule has 0 unspecified atom stereocenters. The molecule has 8 nitrogen and oxygen atoms in total. The van der Waals surface area contributed by atoms with Crippen LogP contribution in [0.1, 0.15) is 28.8 Å². The first-order valence-corrected chi connectivity index (χ1v) is 9.99. The summed E-state index contributed by atoms with van der Waals surface area (Å²) in [6.07, 6.45) is 0.916. The molecule has 168 valence electrons. The average molecular weight is 446 g/mol. The van der Waals surface area contributed by atoms with Crippen molar-refractivity contribution in [1.82, 2.24) is 24.9 Å². The highest BCUT2D eigenvalue weighted by Gasteiger charge is 2.31. The topological polar surface area (TPSA) is 85.2 Å². The maximum absolute atomic E-state index is 13.4. The van der Waals surface area contributed by atoms with E-state index >= 15 is 0 Å². The number of ether oxygens (including phenoxy) is 1. The molecule has 11 heteroatoms. The number of hydrogen-bond donors (Lipinski definition) is 1. The maximum atomic E-state index is 13.4. The van der Waals surface area contributed by atoms with Crippen molar-refractivity contribution < 1.29 is 22.7 Å². The van der Waals surface area contributed by atoms with E-state index in [9.17, 15) is 18.0 Å². The molecule has 1 atom stereocenters.